The van der Waals surface area contributed by atoms with Crippen LogP contribution in [0, 0.1) is 0 Å². The molecule has 0 radical (unpaired) electrons. The third-order valence-corrected chi connectivity index (χ3v) is 5.59. The van der Waals surface area contributed by atoms with Crippen molar-refractivity contribution in [2.75, 3.05) is 24.7 Å². The van der Waals surface area contributed by atoms with Crippen molar-refractivity contribution in [1.82, 2.24) is 5.32 Å². The van der Waals surface area contributed by atoms with Gasteiger partial charge in [-0.15, -0.1) is 0 Å². The zero-order chi connectivity index (χ0) is 19.5. The molecule has 0 atom stereocenters. The Balaban J connectivity index is 1.38. The van der Waals surface area contributed by atoms with Gasteiger partial charge in [0.1, 0.15) is 13.2 Å². The van der Waals surface area contributed by atoms with Crippen LogP contribution < -0.4 is 19.7 Å². The van der Waals surface area contributed by atoms with Crippen LogP contribution in [0.2, 0.25) is 0 Å². The zero-order valence-corrected chi connectivity index (χ0v) is 17.0. The summed E-state index contributed by atoms with van der Waals surface area (Å²) in [6.07, 6.45) is 1.73. The van der Waals surface area contributed by atoms with Gasteiger partial charge < -0.3 is 19.7 Å². The van der Waals surface area contributed by atoms with E-state index in [0.29, 0.717) is 37.7 Å². The van der Waals surface area contributed by atoms with Crippen molar-refractivity contribution in [2.45, 2.75) is 25.8 Å². The average molecular weight is 445 g/mol. The van der Waals surface area contributed by atoms with Gasteiger partial charge in [0, 0.05) is 29.7 Å². The molecular formula is C21H21BrN2O4. The molecule has 6 nitrogen and oxygen atoms in total. The fourth-order valence-corrected chi connectivity index (χ4v) is 3.90. The van der Waals surface area contributed by atoms with Crippen molar-refractivity contribution in [1.29, 1.82) is 0 Å². The largest absolute Gasteiger partial charge is 0.486 e. The van der Waals surface area contributed by atoms with Crippen LogP contribution in [0.3, 0.4) is 0 Å². The molecule has 1 N–H and O–H groups in total. The number of benzene rings is 2. The lowest BCUT2D eigenvalue weighted by Crippen LogP contribution is -2.26. The van der Waals surface area contributed by atoms with E-state index in [1.807, 2.05) is 36.4 Å². The highest BCUT2D eigenvalue weighted by Crippen LogP contribution is 2.35. The zero-order valence-electron chi connectivity index (χ0n) is 15.4. The first kappa shape index (κ1) is 18.8. The Bertz CT molecular complexity index is 915. The molecule has 2 aliphatic heterocycles. The number of halogens is 1. The van der Waals surface area contributed by atoms with Crippen molar-refractivity contribution < 1.29 is 19.1 Å². The van der Waals surface area contributed by atoms with Gasteiger partial charge in [-0.3, -0.25) is 9.59 Å². The SMILES string of the molecule is O=C(Cc1cc2c(cc1Br)OCCO2)NCc1cccc(N2CCCC2=O)c1. The van der Waals surface area contributed by atoms with Gasteiger partial charge in [0.05, 0.1) is 6.42 Å². The molecule has 0 unspecified atom stereocenters. The number of fused-ring (bicyclic) bond motifs is 1. The lowest BCUT2D eigenvalue weighted by atomic mass is 10.1. The third kappa shape index (κ3) is 4.14. The molecule has 146 valence electrons. The van der Waals surface area contributed by atoms with E-state index in [0.717, 1.165) is 34.3 Å². The Morgan fingerprint density at radius 1 is 1.14 bits per heavy atom. The van der Waals surface area contributed by atoms with E-state index in [1.165, 1.54) is 0 Å². The average Bonchev–Trinajstić information content (AvgIpc) is 3.13. The smallest absolute Gasteiger partial charge is 0.227 e. The molecule has 4 rings (SSSR count). The number of nitrogens with one attached hydrogen (secondary N) is 1. The van der Waals surface area contributed by atoms with Gasteiger partial charge in [-0.2, -0.15) is 0 Å². The summed E-state index contributed by atoms with van der Waals surface area (Å²) < 4.78 is 12.0. The summed E-state index contributed by atoms with van der Waals surface area (Å²) in [4.78, 5) is 26.2. The van der Waals surface area contributed by atoms with Crippen LogP contribution in [-0.4, -0.2) is 31.6 Å². The molecule has 7 heteroatoms. The summed E-state index contributed by atoms with van der Waals surface area (Å²) in [6, 6.07) is 11.4. The molecule has 0 bridgehead atoms. The van der Waals surface area contributed by atoms with Crippen LogP contribution in [-0.2, 0) is 22.6 Å². The highest BCUT2D eigenvalue weighted by atomic mass is 79.9. The van der Waals surface area contributed by atoms with Gasteiger partial charge in [0.15, 0.2) is 11.5 Å². The molecular weight excluding hydrogens is 424 g/mol. The first-order chi connectivity index (χ1) is 13.6. The molecule has 2 heterocycles. The summed E-state index contributed by atoms with van der Waals surface area (Å²) in [5, 5.41) is 2.95. The molecule has 2 aromatic rings. The number of nitrogens with zero attached hydrogens (tertiary/aromatic N) is 1. The Kier molecular flexibility index (Phi) is 5.52. The molecule has 0 aromatic heterocycles. The van der Waals surface area contributed by atoms with Gasteiger partial charge in [0.2, 0.25) is 11.8 Å². The molecule has 2 aliphatic rings. The van der Waals surface area contributed by atoms with Crippen molar-refractivity contribution in [3.05, 3.63) is 52.0 Å². The third-order valence-electron chi connectivity index (χ3n) is 4.85. The van der Waals surface area contributed by atoms with Gasteiger partial charge in [-0.1, -0.05) is 28.1 Å². The number of ether oxygens (including phenoxy) is 2. The minimum absolute atomic E-state index is 0.0833. The van der Waals surface area contributed by atoms with Gasteiger partial charge >= 0.3 is 0 Å². The Morgan fingerprint density at radius 2 is 1.93 bits per heavy atom. The van der Waals surface area contributed by atoms with Crippen LogP contribution >= 0.6 is 15.9 Å². The molecule has 0 aliphatic carbocycles. The van der Waals surface area contributed by atoms with E-state index in [9.17, 15) is 9.59 Å². The van der Waals surface area contributed by atoms with Crippen molar-refractivity contribution in [2.24, 2.45) is 0 Å². The van der Waals surface area contributed by atoms with Crippen LogP contribution in [0.1, 0.15) is 24.0 Å². The van der Waals surface area contributed by atoms with Gasteiger partial charge in [-0.05, 0) is 41.8 Å². The standard InChI is InChI=1S/C21H21BrN2O4/c22-17-12-19-18(27-7-8-28-19)10-15(17)11-20(25)23-13-14-3-1-4-16(9-14)24-6-2-5-21(24)26/h1,3-4,9-10,12H,2,5-8,11,13H2,(H,23,25). The fraction of sp³-hybridized carbons (Fsp3) is 0.333. The summed E-state index contributed by atoms with van der Waals surface area (Å²) in [5.41, 5.74) is 2.70. The molecule has 0 saturated carbocycles. The van der Waals surface area contributed by atoms with E-state index in [2.05, 4.69) is 21.2 Å². The lowest BCUT2D eigenvalue weighted by molar-refractivity contribution is -0.120. The minimum Gasteiger partial charge on any atom is -0.486 e. The molecule has 1 fully saturated rings. The molecule has 2 aromatic carbocycles. The van der Waals surface area contributed by atoms with Crippen molar-refractivity contribution >= 4 is 33.4 Å². The van der Waals surface area contributed by atoms with Gasteiger partial charge in [0.25, 0.3) is 0 Å². The maximum Gasteiger partial charge on any atom is 0.227 e. The first-order valence-electron chi connectivity index (χ1n) is 9.34. The number of hydrogen-bond donors (Lipinski definition) is 1. The Labute approximate surface area is 171 Å². The number of rotatable bonds is 5. The maximum absolute atomic E-state index is 12.4. The van der Waals surface area contributed by atoms with E-state index < -0.39 is 0 Å². The Hall–Kier alpha value is -2.54. The summed E-state index contributed by atoms with van der Waals surface area (Å²) in [5.74, 6) is 1.43. The van der Waals surface area contributed by atoms with Gasteiger partial charge in [-0.25, -0.2) is 0 Å². The van der Waals surface area contributed by atoms with Crippen molar-refractivity contribution in [3.63, 3.8) is 0 Å². The highest BCUT2D eigenvalue weighted by molar-refractivity contribution is 9.10. The van der Waals surface area contributed by atoms with Crippen LogP contribution in [0.25, 0.3) is 0 Å². The van der Waals surface area contributed by atoms with E-state index >= 15 is 0 Å². The van der Waals surface area contributed by atoms with E-state index in [4.69, 9.17) is 9.47 Å². The number of carbonyl (C=O) groups is 2. The topological polar surface area (TPSA) is 67.9 Å². The van der Waals surface area contributed by atoms with E-state index in [1.54, 1.807) is 4.90 Å². The quantitative estimate of drug-likeness (QED) is 0.768. The monoisotopic (exact) mass is 444 g/mol. The maximum atomic E-state index is 12.4. The van der Waals surface area contributed by atoms with Crippen molar-refractivity contribution in [3.8, 4) is 11.5 Å². The number of hydrogen-bond acceptors (Lipinski definition) is 4. The fourth-order valence-electron chi connectivity index (χ4n) is 3.43. The number of carbonyl (C=O) groups excluding carboxylic acids is 2. The Morgan fingerprint density at radius 3 is 2.68 bits per heavy atom. The molecule has 2 amide bonds. The second-order valence-electron chi connectivity index (χ2n) is 6.86. The second kappa shape index (κ2) is 8.22. The second-order valence-corrected chi connectivity index (χ2v) is 7.71. The summed E-state index contributed by atoms with van der Waals surface area (Å²) >= 11 is 3.50. The highest BCUT2D eigenvalue weighted by Gasteiger charge is 2.21. The van der Waals surface area contributed by atoms with Crippen LogP contribution in [0.5, 0.6) is 11.5 Å². The number of anilines is 1. The first-order valence-corrected chi connectivity index (χ1v) is 10.1. The lowest BCUT2D eigenvalue weighted by Gasteiger charge is -2.20. The molecule has 0 spiro atoms. The molecule has 28 heavy (non-hydrogen) atoms. The van der Waals surface area contributed by atoms with E-state index in [-0.39, 0.29) is 18.2 Å². The predicted octanol–water partition coefficient (Wildman–Crippen LogP) is 3.21. The summed E-state index contributed by atoms with van der Waals surface area (Å²) in [6.45, 7) is 2.21. The molecule has 1 saturated heterocycles. The number of amides is 2. The van der Waals surface area contributed by atoms with Crippen LogP contribution in [0.4, 0.5) is 5.69 Å². The minimum atomic E-state index is -0.0833. The predicted molar refractivity (Wildman–Crippen MR) is 109 cm³/mol. The van der Waals surface area contributed by atoms with Crippen LogP contribution in [0.15, 0.2) is 40.9 Å². The normalized spacial score (nSPS) is 15.6. The summed E-state index contributed by atoms with van der Waals surface area (Å²) in [7, 11) is 0.